The number of hydrogen-bond acceptors (Lipinski definition) is 3. The van der Waals surface area contributed by atoms with Crippen LogP contribution in [0.3, 0.4) is 0 Å². The van der Waals surface area contributed by atoms with Gasteiger partial charge in [-0.3, -0.25) is 0 Å². The quantitative estimate of drug-likeness (QED) is 0.383. The molecular formula is C7H7N3O2. The molecule has 0 bridgehead atoms. The van der Waals surface area contributed by atoms with Crippen LogP contribution in [0.25, 0.3) is 0 Å². The van der Waals surface area contributed by atoms with Crippen molar-refractivity contribution in [1.29, 1.82) is 0 Å². The van der Waals surface area contributed by atoms with Crippen LogP contribution in [0.5, 0.6) is 0 Å². The minimum atomic E-state index is -0.827. The van der Waals surface area contributed by atoms with Crippen molar-refractivity contribution in [2.45, 2.75) is 6.92 Å². The number of nitrogens with zero attached hydrogens (tertiary/aromatic N) is 3. The van der Waals surface area contributed by atoms with Crippen LogP contribution >= 0.6 is 0 Å². The molecule has 1 aromatic rings. The Kier molecular flexibility index (Phi) is 2.47. The van der Waals surface area contributed by atoms with E-state index in [-0.39, 0.29) is 0 Å². The molecule has 0 unspecified atom stereocenters. The summed E-state index contributed by atoms with van der Waals surface area (Å²) in [6, 6.07) is 7.07. The van der Waals surface area contributed by atoms with Gasteiger partial charge in [-0.05, 0) is 13.0 Å². The van der Waals surface area contributed by atoms with Crippen LogP contribution in [0.4, 0.5) is 5.69 Å². The predicted molar refractivity (Wildman–Crippen MR) is 42.7 cm³/mol. The summed E-state index contributed by atoms with van der Waals surface area (Å²) in [6.45, 7) is 1.81. The minimum absolute atomic E-state index is 0.522. The summed E-state index contributed by atoms with van der Waals surface area (Å²) in [7, 11) is 0. The zero-order chi connectivity index (χ0) is 8.97. The second-order valence-corrected chi connectivity index (χ2v) is 2.21. The standard InChI is InChI=1S/C7H7N3O2/c1-6-4-2-3-5-7(6)8-9-10(11)12/h2-5H,1H3. The monoisotopic (exact) mass is 165 g/mol. The van der Waals surface area contributed by atoms with Crippen molar-refractivity contribution in [1.82, 2.24) is 0 Å². The molecule has 1 rings (SSSR count). The fraction of sp³-hybridized carbons (Fsp3) is 0.143. The van der Waals surface area contributed by atoms with Gasteiger partial charge in [0.1, 0.15) is 0 Å². The van der Waals surface area contributed by atoms with Gasteiger partial charge < -0.3 is 10.1 Å². The third-order valence-electron chi connectivity index (χ3n) is 1.34. The van der Waals surface area contributed by atoms with Gasteiger partial charge in [0.15, 0.2) is 5.22 Å². The number of rotatable bonds is 2. The molecule has 0 spiro atoms. The van der Waals surface area contributed by atoms with Crippen molar-refractivity contribution in [2.24, 2.45) is 10.3 Å². The van der Waals surface area contributed by atoms with E-state index < -0.39 is 5.03 Å². The number of nitro groups is 1. The summed E-state index contributed by atoms with van der Waals surface area (Å²) in [4.78, 5) is 9.83. The van der Waals surface area contributed by atoms with E-state index >= 15 is 0 Å². The molecule has 0 heterocycles. The highest BCUT2D eigenvalue weighted by Gasteiger charge is 2.00. The van der Waals surface area contributed by atoms with Gasteiger partial charge in [0, 0.05) is 5.56 Å². The van der Waals surface area contributed by atoms with Gasteiger partial charge in [0.25, 0.3) is 0 Å². The van der Waals surface area contributed by atoms with Crippen LogP contribution in [-0.2, 0) is 0 Å². The maximum atomic E-state index is 9.83. The minimum Gasteiger partial charge on any atom is -0.337 e. The van der Waals surface area contributed by atoms with Crippen LogP contribution in [0.15, 0.2) is 34.6 Å². The van der Waals surface area contributed by atoms with Gasteiger partial charge in [0.2, 0.25) is 5.69 Å². The highest BCUT2D eigenvalue weighted by Crippen LogP contribution is 2.16. The lowest BCUT2D eigenvalue weighted by Crippen LogP contribution is -1.81. The maximum absolute atomic E-state index is 9.83. The van der Waals surface area contributed by atoms with Crippen molar-refractivity contribution >= 4 is 5.69 Å². The number of hydrogen-bond donors (Lipinski definition) is 0. The molecule has 62 valence electrons. The van der Waals surface area contributed by atoms with Gasteiger partial charge in [-0.25, -0.2) is 0 Å². The van der Waals surface area contributed by atoms with Crippen molar-refractivity contribution in [3.63, 3.8) is 0 Å². The Morgan fingerprint density at radius 2 is 2.08 bits per heavy atom. The largest absolute Gasteiger partial charge is 0.337 e. The fourth-order valence-corrected chi connectivity index (χ4v) is 0.760. The lowest BCUT2D eigenvalue weighted by molar-refractivity contribution is -0.493. The predicted octanol–water partition coefficient (Wildman–Crippen LogP) is 2.27. The average molecular weight is 165 g/mol. The highest BCUT2D eigenvalue weighted by atomic mass is 16.7. The van der Waals surface area contributed by atoms with Crippen LogP contribution in [0.1, 0.15) is 5.56 Å². The molecule has 0 aliphatic carbocycles. The molecule has 0 aliphatic rings. The number of benzene rings is 1. The Labute approximate surface area is 68.9 Å². The summed E-state index contributed by atoms with van der Waals surface area (Å²) in [5.74, 6) is 0. The fourth-order valence-electron chi connectivity index (χ4n) is 0.760. The zero-order valence-corrected chi connectivity index (χ0v) is 6.47. The van der Waals surface area contributed by atoms with E-state index in [4.69, 9.17) is 0 Å². The van der Waals surface area contributed by atoms with Crippen molar-refractivity contribution in [2.75, 3.05) is 0 Å². The third kappa shape index (κ3) is 2.12. The van der Waals surface area contributed by atoms with E-state index in [9.17, 15) is 10.1 Å². The van der Waals surface area contributed by atoms with Crippen LogP contribution in [0, 0.1) is 17.0 Å². The molecule has 0 atom stereocenters. The Balaban J connectivity index is 2.89. The van der Waals surface area contributed by atoms with Crippen LogP contribution in [0.2, 0.25) is 0 Å². The first-order valence-electron chi connectivity index (χ1n) is 3.32. The second kappa shape index (κ2) is 3.56. The molecule has 0 saturated carbocycles. The molecule has 0 aromatic heterocycles. The van der Waals surface area contributed by atoms with E-state index in [0.29, 0.717) is 5.69 Å². The molecule has 12 heavy (non-hydrogen) atoms. The van der Waals surface area contributed by atoms with Gasteiger partial charge in [-0.15, -0.1) is 0 Å². The SMILES string of the molecule is Cc1ccccc1N=N[N+](=O)[O-]. The van der Waals surface area contributed by atoms with Crippen molar-refractivity contribution in [3.05, 3.63) is 39.9 Å². The lowest BCUT2D eigenvalue weighted by Gasteiger charge is -1.88. The van der Waals surface area contributed by atoms with Crippen molar-refractivity contribution < 1.29 is 5.03 Å². The smallest absolute Gasteiger partial charge is 0.206 e. The van der Waals surface area contributed by atoms with E-state index in [2.05, 4.69) is 10.3 Å². The average Bonchev–Trinajstić information content (AvgIpc) is 2.03. The van der Waals surface area contributed by atoms with E-state index in [1.165, 1.54) is 0 Å². The topological polar surface area (TPSA) is 67.9 Å². The Hall–Kier alpha value is -1.78. The molecule has 0 aliphatic heterocycles. The van der Waals surface area contributed by atoms with Gasteiger partial charge in [0.05, 0.1) is 10.1 Å². The summed E-state index contributed by atoms with van der Waals surface area (Å²) < 4.78 is 0. The number of aryl methyl sites for hydroxylation is 1. The lowest BCUT2D eigenvalue weighted by atomic mass is 10.2. The summed E-state index contributed by atoms with van der Waals surface area (Å²) in [5.41, 5.74) is 1.39. The Morgan fingerprint density at radius 1 is 1.42 bits per heavy atom. The van der Waals surface area contributed by atoms with Gasteiger partial charge >= 0.3 is 0 Å². The first-order valence-corrected chi connectivity index (χ1v) is 3.32. The van der Waals surface area contributed by atoms with Crippen molar-refractivity contribution in [3.8, 4) is 0 Å². The molecule has 0 radical (unpaired) electrons. The molecular weight excluding hydrogens is 158 g/mol. The third-order valence-corrected chi connectivity index (χ3v) is 1.34. The Bertz CT molecular complexity index is 322. The van der Waals surface area contributed by atoms with E-state index in [1.54, 1.807) is 12.1 Å². The molecule has 0 saturated heterocycles. The van der Waals surface area contributed by atoms with E-state index in [0.717, 1.165) is 5.56 Å². The molecule has 0 fully saturated rings. The Morgan fingerprint density at radius 3 is 2.67 bits per heavy atom. The van der Waals surface area contributed by atoms with Crippen LogP contribution in [-0.4, -0.2) is 5.03 Å². The second-order valence-electron chi connectivity index (χ2n) is 2.21. The normalized spacial score (nSPS) is 10.4. The van der Waals surface area contributed by atoms with Gasteiger partial charge in [-0.1, -0.05) is 18.2 Å². The highest BCUT2D eigenvalue weighted by molar-refractivity contribution is 5.43. The zero-order valence-electron chi connectivity index (χ0n) is 6.47. The van der Waals surface area contributed by atoms with Gasteiger partial charge in [-0.2, -0.15) is 0 Å². The van der Waals surface area contributed by atoms with E-state index in [1.807, 2.05) is 19.1 Å². The summed E-state index contributed by atoms with van der Waals surface area (Å²) >= 11 is 0. The summed E-state index contributed by atoms with van der Waals surface area (Å²) in [5, 5.41) is 15.2. The molecule has 5 heteroatoms. The first-order chi connectivity index (χ1) is 5.70. The molecule has 1 aromatic carbocycles. The first kappa shape index (κ1) is 8.32. The molecule has 0 amide bonds. The van der Waals surface area contributed by atoms with Crippen LogP contribution < -0.4 is 0 Å². The molecule has 5 nitrogen and oxygen atoms in total. The molecule has 0 N–H and O–H groups in total. The summed E-state index contributed by atoms with van der Waals surface area (Å²) in [6.07, 6.45) is 0. The maximum Gasteiger partial charge on any atom is 0.206 e.